The molecule has 11 heteroatoms. The van der Waals surface area contributed by atoms with E-state index in [4.69, 9.17) is 17.3 Å². The summed E-state index contributed by atoms with van der Waals surface area (Å²) in [6.45, 7) is 4.72. The van der Waals surface area contributed by atoms with Crippen LogP contribution in [0.2, 0.25) is 5.15 Å². The second kappa shape index (κ2) is 9.92. The minimum absolute atomic E-state index is 0.0715. The highest BCUT2D eigenvalue weighted by Crippen LogP contribution is 2.29. The minimum atomic E-state index is -0.322. The van der Waals surface area contributed by atoms with Crippen molar-refractivity contribution in [2.75, 3.05) is 12.3 Å². The minimum Gasteiger partial charge on any atom is -0.368 e. The van der Waals surface area contributed by atoms with Crippen molar-refractivity contribution in [1.29, 1.82) is 0 Å². The van der Waals surface area contributed by atoms with Gasteiger partial charge >= 0.3 is 0 Å². The monoisotopic (exact) mass is 577 g/mol. The number of nitrogens with two attached hydrogens (primary N) is 1. The van der Waals surface area contributed by atoms with Crippen LogP contribution < -0.4 is 5.73 Å². The van der Waals surface area contributed by atoms with Crippen molar-refractivity contribution in [2.24, 2.45) is 0 Å². The first-order valence-electron chi connectivity index (χ1n) is 11.5. The van der Waals surface area contributed by atoms with E-state index in [9.17, 15) is 9.59 Å². The van der Waals surface area contributed by atoms with Crippen LogP contribution in [0.4, 0.5) is 5.95 Å². The molecule has 0 saturated carbocycles. The van der Waals surface area contributed by atoms with Crippen LogP contribution in [0.5, 0.6) is 0 Å². The zero-order valence-corrected chi connectivity index (χ0v) is 22.4. The first-order chi connectivity index (χ1) is 17.8. The Morgan fingerprint density at radius 3 is 2.70 bits per heavy atom. The maximum absolute atomic E-state index is 12.5. The molecule has 37 heavy (non-hydrogen) atoms. The third kappa shape index (κ3) is 4.56. The number of fused-ring (bicyclic) bond motifs is 2. The van der Waals surface area contributed by atoms with Gasteiger partial charge in [-0.1, -0.05) is 39.4 Å². The SMILES string of the molecule is Cc1cnc(Cn2cc(C#CCCCN3C(=O)c4ccncc4C3=O)c3c(Cl)nc(N)nc32)c(C)c1Br. The number of aryl methyl sites for hydroxylation is 1. The summed E-state index contributed by atoms with van der Waals surface area (Å²) in [6, 6.07) is 1.57. The van der Waals surface area contributed by atoms with Crippen molar-refractivity contribution < 1.29 is 9.59 Å². The second-order valence-corrected chi connectivity index (χ2v) is 9.81. The van der Waals surface area contributed by atoms with E-state index in [2.05, 4.69) is 47.7 Å². The van der Waals surface area contributed by atoms with Crippen molar-refractivity contribution >= 4 is 56.3 Å². The summed E-state index contributed by atoms with van der Waals surface area (Å²) >= 11 is 10.1. The average Bonchev–Trinajstić information content (AvgIpc) is 3.34. The summed E-state index contributed by atoms with van der Waals surface area (Å²) < 4.78 is 2.92. The first kappa shape index (κ1) is 24.9. The highest BCUT2D eigenvalue weighted by molar-refractivity contribution is 9.10. The summed E-state index contributed by atoms with van der Waals surface area (Å²) in [6.07, 6.45) is 7.62. The fourth-order valence-corrected chi connectivity index (χ4v) is 4.87. The number of hydrogen-bond acceptors (Lipinski definition) is 7. The van der Waals surface area contributed by atoms with E-state index in [1.54, 1.807) is 6.07 Å². The summed E-state index contributed by atoms with van der Waals surface area (Å²) in [5.74, 6) is 5.72. The van der Waals surface area contributed by atoms with Crippen LogP contribution in [0, 0.1) is 25.7 Å². The Morgan fingerprint density at radius 1 is 1.14 bits per heavy atom. The number of carbonyl (C=O) groups is 2. The standard InChI is InChI=1S/C26H21BrClN7O2/c1-14-10-31-19(15(2)21(14)27)13-34-12-16(20-22(28)32-26(29)33-23(20)34)6-4-3-5-9-35-24(36)17-7-8-30-11-18(17)25(35)37/h7-8,10-12H,3,5,9,13H2,1-2H3,(H2,29,32,33). The van der Waals surface area contributed by atoms with E-state index in [0.29, 0.717) is 47.1 Å². The highest BCUT2D eigenvalue weighted by atomic mass is 79.9. The van der Waals surface area contributed by atoms with Gasteiger partial charge in [0.15, 0.2) is 0 Å². The third-order valence-electron chi connectivity index (χ3n) is 6.21. The van der Waals surface area contributed by atoms with Gasteiger partial charge in [-0.2, -0.15) is 4.98 Å². The maximum atomic E-state index is 12.5. The summed E-state index contributed by atoms with van der Waals surface area (Å²) in [5, 5.41) is 0.833. The quantitative estimate of drug-likeness (QED) is 0.162. The van der Waals surface area contributed by atoms with Gasteiger partial charge < -0.3 is 10.3 Å². The average molecular weight is 579 g/mol. The molecule has 0 unspecified atom stereocenters. The van der Waals surface area contributed by atoms with Gasteiger partial charge in [0.05, 0.1) is 34.3 Å². The topological polar surface area (TPSA) is 120 Å². The molecule has 0 radical (unpaired) electrons. The zero-order valence-electron chi connectivity index (χ0n) is 20.0. The smallest absolute Gasteiger partial charge is 0.263 e. The molecule has 0 aliphatic carbocycles. The van der Waals surface area contributed by atoms with Gasteiger partial charge in [0.2, 0.25) is 5.95 Å². The number of imide groups is 1. The number of carbonyl (C=O) groups excluding carboxylic acids is 2. The summed E-state index contributed by atoms with van der Waals surface area (Å²) in [7, 11) is 0. The van der Waals surface area contributed by atoms with Crippen molar-refractivity contribution in [3.05, 3.63) is 74.0 Å². The number of nitrogens with zero attached hydrogens (tertiary/aromatic N) is 6. The Balaban J connectivity index is 1.36. The molecule has 1 aliphatic rings. The molecule has 9 nitrogen and oxygen atoms in total. The molecule has 5 heterocycles. The van der Waals surface area contributed by atoms with E-state index in [1.165, 1.54) is 17.3 Å². The van der Waals surface area contributed by atoms with E-state index < -0.39 is 0 Å². The van der Waals surface area contributed by atoms with Gasteiger partial charge in [0.1, 0.15) is 10.8 Å². The molecule has 0 atom stereocenters. The molecule has 0 spiro atoms. The largest absolute Gasteiger partial charge is 0.368 e. The molecular weight excluding hydrogens is 558 g/mol. The molecule has 186 valence electrons. The number of amides is 2. The van der Waals surface area contributed by atoms with Gasteiger partial charge in [0.25, 0.3) is 11.8 Å². The van der Waals surface area contributed by atoms with Crippen molar-refractivity contribution in [3.8, 4) is 11.8 Å². The molecule has 0 fully saturated rings. The fourth-order valence-electron chi connectivity index (χ4n) is 4.27. The molecule has 2 N–H and O–H groups in total. The van der Waals surface area contributed by atoms with Gasteiger partial charge in [0, 0.05) is 42.2 Å². The Labute approximate surface area is 226 Å². The van der Waals surface area contributed by atoms with Gasteiger partial charge in [-0.3, -0.25) is 24.5 Å². The van der Waals surface area contributed by atoms with Crippen LogP contribution in [0.1, 0.15) is 55.9 Å². The lowest BCUT2D eigenvalue weighted by molar-refractivity contribution is 0.0653. The lowest BCUT2D eigenvalue weighted by atomic mass is 10.1. The van der Waals surface area contributed by atoms with Crippen molar-refractivity contribution in [1.82, 2.24) is 29.4 Å². The number of rotatable bonds is 5. The normalized spacial score (nSPS) is 12.7. The van der Waals surface area contributed by atoms with Crippen molar-refractivity contribution in [2.45, 2.75) is 33.2 Å². The molecule has 4 aromatic heterocycles. The number of pyridine rings is 2. The number of nitrogen functional groups attached to an aromatic ring is 1. The number of aromatic nitrogens is 5. The Bertz CT molecular complexity index is 1620. The Hall–Kier alpha value is -3.81. The van der Waals surface area contributed by atoms with Crippen LogP contribution in [0.15, 0.2) is 35.3 Å². The molecule has 0 saturated heterocycles. The van der Waals surface area contributed by atoms with E-state index >= 15 is 0 Å². The predicted octanol–water partition coefficient (Wildman–Crippen LogP) is 4.31. The highest BCUT2D eigenvalue weighted by Gasteiger charge is 2.34. The number of unbranched alkanes of at least 4 members (excludes halogenated alkanes) is 1. The van der Waals surface area contributed by atoms with Crippen LogP contribution in [-0.4, -0.2) is 47.8 Å². The maximum Gasteiger partial charge on any atom is 0.263 e. The lowest BCUT2D eigenvalue weighted by Crippen LogP contribution is -2.30. The van der Waals surface area contributed by atoms with Crippen LogP contribution in [0.3, 0.4) is 0 Å². The van der Waals surface area contributed by atoms with Crippen LogP contribution in [0.25, 0.3) is 11.0 Å². The van der Waals surface area contributed by atoms with Gasteiger partial charge in [-0.25, -0.2) is 4.98 Å². The van der Waals surface area contributed by atoms with Crippen LogP contribution in [-0.2, 0) is 6.54 Å². The summed E-state index contributed by atoms with van der Waals surface area (Å²) in [5.41, 5.74) is 10.8. The summed E-state index contributed by atoms with van der Waals surface area (Å²) in [4.78, 5) is 43.3. The predicted molar refractivity (Wildman–Crippen MR) is 143 cm³/mol. The Kier molecular flexibility index (Phi) is 6.67. The number of hydrogen-bond donors (Lipinski definition) is 1. The van der Waals surface area contributed by atoms with Crippen LogP contribution >= 0.6 is 27.5 Å². The molecular formula is C26H21BrClN7O2. The second-order valence-electron chi connectivity index (χ2n) is 8.66. The molecule has 4 aromatic rings. The zero-order chi connectivity index (χ0) is 26.3. The van der Waals surface area contributed by atoms with Gasteiger partial charge in [-0.05, 0) is 37.5 Å². The fraction of sp³-hybridized carbons (Fsp3) is 0.231. The lowest BCUT2D eigenvalue weighted by Gasteiger charge is -2.12. The first-order valence-corrected chi connectivity index (χ1v) is 12.6. The molecule has 2 amide bonds. The third-order valence-corrected chi connectivity index (χ3v) is 7.70. The molecule has 0 aromatic carbocycles. The van der Waals surface area contributed by atoms with E-state index in [-0.39, 0.29) is 29.5 Å². The van der Waals surface area contributed by atoms with E-state index in [0.717, 1.165) is 21.3 Å². The van der Waals surface area contributed by atoms with Gasteiger partial charge in [-0.15, -0.1) is 0 Å². The Morgan fingerprint density at radius 2 is 1.92 bits per heavy atom. The molecule has 1 aliphatic heterocycles. The molecule has 5 rings (SSSR count). The van der Waals surface area contributed by atoms with E-state index in [1.807, 2.05) is 30.8 Å². The number of halogens is 2. The molecule has 0 bridgehead atoms. The van der Waals surface area contributed by atoms with Crippen molar-refractivity contribution in [3.63, 3.8) is 0 Å². The number of anilines is 1.